The zero-order chi connectivity index (χ0) is 16.1. The number of aliphatic carboxylic acids is 1. The van der Waals surface area contributed by atoms with Gasteiger partial charge in [-0.1, -0.05) is 25.1 Å². The third-order valence-electron chi connectivity index (χ3n) is 2.98. The third kappa shape index (κ3) is 4.39. The molecule has 2 aromatic rings. The van der Waals surface area contributed by atoms with Gasteiger partial charge in [-0.2, -0.15) is 0 Å². The zero-order valence-electron chi connectivity index (χ0n) is 12.4. The highest BCUT2D eigenvalue weighted by Crippen LogP contribution is 2.10. The van der Waals surface area contributed by atoms with Crippen LogP contribution in [0.5, 0.6) is 0 Å². The number of carboxylic acid groups (broad SMARTS) is 1. The van der Waals surface area contributed by atoms with Crippen LogP contribution in [-0.2, 0) is 11.3 Å². The molecule has 8 heteroatoms. The average molecular weight is 322 g/mol. The summed E-state index contributed by atoms with van der Waals surface area (Å²) in [5.74, 6) is -1.41. The minimum Gasteiger partial charge on any atom is -0.480 e. The molecule has 2 heterocycles. The van der Waals surface area contributed by atoms with E-state index in [1.807, 2.05) is 31.4 Å². The van der Waals surface area contributed by atoms with E-state index in [9.17, 15) is 9.59 Å². The van der Waals surface area contributed by atoms with Crippen molar-refractivity contribution in [1.82, 2.24) is 20.3 Å². The second-order valence-electron chi connectivity index (χ2n) is 5.37. The Bertz CT molecular complexity index is 636. The van der Waals surface area contributed by atoms with Crippen molar-refractivity contribution in [3.63, 3.8) is 0 Å². The molecule has 7 nitrogen and oxygen atoms in total. The summed E-state index contributed by atoms with van der Waals surface area (Å²) < 4.78 is 1.55. The number of thiophene rings is 1. The van der Waals surface area contributed by atoms with Gasteiger partial charge >= 0.3 is 5.97 Å². The maximum absolute atomic E-state index is 12.1. The van der Waals surface area contributed by atoms with E-state index in [4.69, 9.17) is 5.11 Å². The van der Waals surface area contributed by atoms with Crippen LogP contribution in [0.15, 0.2) is 23.7 Å². The highest BCUT2D eigenvalue weighted by molar-refractivity contribution is 7.09. The highest BCUT2D eigenvalue weighted by Gasteiger charge is 2.23. The predicted molar refractivity (Wildman–Crippen MR) is 81.8 cm³/mol. The first kappa shape index (κ1) is 16.2. The van der Waals surface area contributed by atoms with Crippen molar-refractivity contribution in [2.24, 2.45) is 5.92 Å². The van der Waals surface area contributed by atoms with E-state index in [0.717, 1.165) is 4.88 Å². The van der Waals surface area contributed by atoms with Gasteiger partial charge in [0.25, 0.3) is 5.91 Å². The molecular formula is C14H18N4O3S. The molecule has 0 bridgehead atoms. The molecule has 0 saturated carbocycles. The Morgan fingerprint density at radius 3 is 2.82 bits per heavy atom. The van der Waals surface area contributed by atoms with Crippen molar-refractivity contribution in [2.75, 3.05) is 0 Å². The number of hydrogen-bond donors (Lipinski definition) is 2. The van der Waals surface area contributed by atoms with Crippen LogP contribution in [0.25, 0.3) is 0 Å². The van der Waals surface area contributed by atoms with Crippen LogP contribution in [0.4, 0.5) is 0 Å². The van der Waals surface area contributed by atoms with Crippen molar-refractivity contribution in [1.29, 1.82) is 0 Å². The fourth-order valence-corrected chi connectivity index (χ4v) is 2.66. The number of nitrogens with zero attached hydrogens (tertiary/aromatic N) is 3. The van der Waals surface area contributed by atoms with Crippen LogP contribution < -0.4 is 5.32 Å². The van der Waals surface area contributed by atoms with Gasteiger partial charge < -0.3 is 10.4 Å². The second kappa shape index (κ2) is 7.17. The van der Waals surface area contributed by atoms with Crippen LogP contribution >= 0.6 is 11.3 Å². The smallest absolute Gasteiger partial charge is 0.326 e. The maximum atomic E-state index is 12.1. The van der Waals surface area contributed by atoms with Crippen LogP contribution in [-0.4, -0.2) is 38.0 Å². The molecule has 1 amide bonds. The summed E-state index contributed by atoms with van der Waals surface area (Å²) in [5, 5.41) is 21.3. The molecule has 2 aromatic heterocycles. The third-order valence-corrected chi connectivity index (χ3v) is 3.84. The van der Waals surface area contributed by atoms with Gasteiger partial charge in [-0.25, -0.2) is 9.48 Å². The molecule has 1 unspecified atom stereocenters. The fourth-order valence-electron chi connectivity index (χ4n) is 1.97. The lowest BCUT2D eigenvalue weighted by atomic mass is 10.0. The number of amides is 1. The van der Waals surface area contributed by atoms with Gasteiger partial charge in [0.2, 0.25) is 0 Å². The number of hydrogen-bond acceptors (Lipinski definition) is 5. The summed E-state index contributed by atoms with van der Waals surface area (Å²) in [6.45, 7) is 4.34. The summed E-state index contributed by atoms with van der Waals surface area (Å²) in [4.78, 5) is 24.3. The number of carbonyl (C=O) groups is 2. The number of carboxylic acids is 1. The molecule has 0 aliphatic carbocycles. The van der Waals surface area contributed by atoms with Crippen molar-refractivity contribution in [3.8, 4) is 0 Å². The first-order valence-corrected chi connectivity index (χ1v) is 7.80. The van der Waals surface area contributed by atoms with E-state index in [1.54, 1.807) is 16.0 Å². The van der Waals surface area contributed by atoms with E-state index >= 15 is 0 Å². The van der Waals surface area contributed by atoms with Gasteiger partial charge in [-0.3, -0.25) is 4.79 Å². The van der Waals surface area contributed by atoms with E-state index in [-0.39, 0.29) is 11.6 Å². The molecule has 118 valence electrons. The second-order valence-corrected chi connectivity index (χ2v) is 6.41. The number of aromatic nitrogens is 3. The fraction of sp³-hybridized carbons (Fsp3) is 0.429. The van der Waals surface area contributed by atoms with Gasteiger partial charge in [0, 0.05) is 4.88 Å². The normalized spacial score (nSPS) is 12.3. The van der Waals surface area contributed by atoms with E-state index in [2.05, 4.69) is 15.6 Å². The van der Waals surface area contributed by atoms with Crippen LogP contribution in [0.3, 0.4) is 0 Å². The molecule has 1 atom stereocenters. The molecule has 0 saturated heterocycles. The monoisotopic (exact) mass is 322 g/mol. The minimum absolute atomic E-state index is 0.117. The van der Waals surface area contributed by atoms with E-state index < -0.39 is 17.9 Å². The summed E-state index contributed by atoms with van der Waals surface area (Å²) in [5.41, 5.74) is 0.117. The highest BCUT2D eigenvalue weighted by atomic mass is 32.1. The van der Waals surface area contributed by atoms with Crippen molar-refractivity contribution >= 4 is 23.2 Å². The largest absolute Gasteiger partial charge is 0.480 e. The number of nitrogens with one attached hydrogen (secondary N) is 1. The van der Waals surface area contributed by atoms with Crippen molar-refractivity contribution in [2.45, 2.75) is 32.9 Å². The van der Waals surface area contributed by atoms with Gasteiger partial charge in [0.15, 0.2) is 5.69 Å². The molecule has 0 aromatic carbocycles. The lowest BCUT2D eigenvalue weighted by Crippen LogP contribution is -2.41. The SMILES string of the molecule is CC(C)CC(NC(=O)c1cn(Cc2cccs2)nn1)C(=O)O. The Kier molecular flexibility index (Phi) is 5.26. The molecule has 0 radical (unpaired) electrons. The first-order valence-electron chi connectivity index (χ1n) is 6.92. The lowest BCUT2D eigenvalue weighted by molar-refractivity contribution is -0.139. The summed E-state index contributed by atoms with van der Waals surface area (Å²) in [6.07, 6.45) is 1.88. The average Bonchev–Trinajstić information content (AvgIpc) is 3.09. The quantitative estimate of drug-likeness (QED) is 0.807. The van der Waals surface area contributed by atoms with Crippen LogP contribution in [0, 0.1) is 5.92 Å². The van der Waals surface area contributed by atoms with Gasteiger partial charge in [0.05, 0.1) is 12.7 Å². The Hall–Kier alpha value is -2.22. The summed E-state index contributed by atoms with van der Waals surface area (Å²) in [7, 11) is 0. The minimum atomic E-state index is -1.05. The van der Waals surface area contributed by atoms with Crippen molar-refractivity contribution < 1.29 is 14.7 Å². The van der Waals surface area contributed by atoms with E-state index in [1.165, 1.54) is 6.20 Å². The molecule has 0 aliphatic heterocycles. The summed E-state index contributed by atoms with van der Waals surface area (Å²) >= 11 is 1.59. The predicted octanol–water partition coefficient (Wildman–Crippen LogP) is 1.62. The molecule has 0 aliphatic rings. The molecule has 2 rings (SSSR count). The van der Waals surface area contributed by atoms with Crippen LogP contribution in [0.2, 0.25) is 0 Å². The summed E-state index contributed by atoms with van der Waals surface area (Å²) in [6, 6.07) is 2.98. The Morgan fingerprint density at radius 1 is 1.45 bits per heavy atom. The van der Waals surface area contributed by atoms with Gasteiger partial charge in [-0.05, 0) is 23.8 Å². The van der Waals surface area contributed by atoms with Crippen LogP contribution in [0.1, 0.15) is 35.6 Å². The Balaban J connectivity index is 2.00. The topological polar surface area (TPSA) is 97.1 Å². The maximum Gasteiger partial charge on any atom is 0.326 e. The molecular weight excluding hydrogens is 304 g/mol. The number of carbonyl (C=O) groups excluding carboxylic acids is 1. The van der Waals surface area contributed by atoms with E-state index in [0.29, 0.717) is 13.0 Å². The zero-order valence-corrected chi connectivity index (χ0v) is 13.2. The van der Waals surface area contributed by atoms with Gasteiger partial charge in [-0.15, -0.1) is 16.4 Å². The van der Waals surface area contributed by atoms with Gasteiger partial charge in [0.1, 0.15) is 6.04 Å². The molecule has 2 N–H and O–H groups in total. The molecule has 0 fully saturated rings. The van der Waals surface area contributed by atoms with Crippen molar-refractivity contribution in [3.05, 3.63) is 34.3 Å². The number of rotatable bonds is 7. The Labute approximate surface area is 132 Å². The molecule has 22 heavy (non-hydrogen) atoms. The lowest BCUT2D eigenvalue weighted by Gasteiger charge is -2.15. The Morgan fingerprint density at radius 2 is 2.23 bits per heavy atom. The first-order chi connectivity index (χ1) is 10.5. The standard InChI is InChI=1S/C14H18N4O3S/c1-9(2)6-11(14(20)21)15-13(19)12-8-18(17-16-12)7-10-4-3-5-22-10/h3-5,8-9,11H,6-7H2,1-2H3,(H,15,19)(H,20,21). The molecule has 0 spiro atoms.